The molecule has 2 N–H and O–H groups in total. The lowest BCUT2D eigenvalue weighted by Crippen LogP contribution is -2.56. The van der Waals surface area contributed by atoms with Gasteiger partial charge in [-0.1, -0.05) is 20.3 Å². The molecular formula is C11H20N2O3. The number of urea groups is 1. The van der Waals surface area contributed by atoms with Crippen molar-refractivity contribution in [2.75, 3.05) is 19.6 Å². The zero-order valence-electron chi connectivity index (χ0n) is 9.90. The minimum Gasteiger partial charge on any atom is -0.481 e. The predicted molar refractivity (Wildman–Crippen MR) is 60.2 cm³/mol. The van der Waals surface area contributed by atoms with Crippen LogP contribution >= 0.6 is 0 Å². The van der Waals surface area contributed by atoms with Crippen LogP contribution in [-0.2, 0) is 4.79 Å². The van der Waals surface area contributed by atoms with Crippen molar-refractivity contribution in [3.8, 4) is 0 Å². The molecule has 1 unspecified atom stereocenters. The maximum atomic E-state index is 11.5. The number of hydrogen-bond acceptors (Lipinski definition) is 2. The van der Waals surface area contributed by atoms with Crippen molar-refractivity contribution in [1.29, 1.82) is 0 Å². The molecule has 0 aromatic carbocycles. The van der Waals surface area contributed by atoms with Crippen molar-refractivity contribution >= 4 is 12.0 Å². The summed E-state index contributed by atoms with van der Waals surface area (Å²) in [6, 6.07) is -0.0673. The van der Waals surface area contributed by atoms with Gasteiger partial charge >= 0.3 is 12.0 Å². The molecule has 16 heavy (non-hydrogen) atoms. The lowest BCUT2D eigenvalue weighted by Gasteiger charge is -2.41. The Morgan fingerprint density at radius 1 is 1.50 bits per heavy atom. The number of unbranched alkanes of at least 4 members (excludes halogenated alkanes) is 1. The Bertz CT molecular complexity index is 262. The maximum Gasteiger partial charge on any atom is 0.317 e. The third kappa shape index (κ3) is 3.12. The molecule has 1 fully saturated rings. The highest BCUT2D eigenvalue weighted by Crippen LogP contribution is 2.23. The Kier molecular flexibility index (Phi) is 4.58. The Morgan fingerprint density at radius 3 is 2.62 bits per heavy atom. The van der Waals surface area contributed by atoms with Gasteiger partial charge in [0.25, 0.3) is 0 Å². The Morgan fingerprint density at radius 2 is 2.12 bits per heavy atom. The molecule has 0 radical (unpaired) electrons. The summed E-state index contributed by atoms with van der Waals surface area (Å²) in [5, 5.41) is 11.6. The van der Waals surface area contributed by atoms with Gasteiger partial charge in [0.15, 0.2) is 0 Å². The average molecular weight is 228 g/mol. The zero-order chi connectivity index (χ0) is 12.1. The van der Waals surface area contributed by atoms with Gasteiger partial charge in [-0.3, -0.25) is 4.79 Å². The Hall–Kier alpha value is -1.26. The number of carbonyl (C=O) groups excluding carboxylic acids is 1. The molecule has 5 nitrogen and oxygen atoms in total. The predicted octanol–water partition coefficient (Wildman–Crippen LogP) is 1.15. The van der Waals surface area contributed by atoms with Crippen molar-refractivity contribution < 1.29 is 14.7 Å². The molecule has 5 heteroatoms. The summed E-state index contributed by atoms with van der Waals surface area (Å²) < 4.78 is 0. The number of hydrogen-bond donors (Lipinski definition) is 2. The van der Waals surface area contributed by atoms with Crippen LogP contribution in [-0.4, -0.2) is 41.6 Å². The highest BCUT2D eigenvalue weighted by atomic mass is 16.4. The van der Waals surface area contributed by atoms with E-state index in [0.717, 1.165) is 12.8 Å². The molecule has 1 heterocycles. The van der Waals surface area contributed by atoms with Crippen molar-refractivity contribution in [1.82, 2.24) is 10.2 Å². The van der Waals surface area contributed by atoms with Gasteiger partial charge in [-0.2, -0.15) is 0 Å². The van der Waals surface area contributed by atoms with E-state index in [0.29, 0.717) is 19.6 Å². The van der Waals surface area contributed by atoms with Gasteiger partial charge in [-0.15, -0.1) is 0 Å². The first kappa shape index (κ1) is 12.8. The molecule has 2 amide bonds. The van der Waals surface area contributed by atoms with Crippen molar-refractivity contribution in [3.63, 3.8) is 0 Å². The maximum absolute atomic E-state index is 11.5. The minimum absolute atomic E-state index is 0.0673. The average Bonchev–Trinajstić information content (AvgIpc) is 2.15. The van der Waals surface area contributed by atoms with Gasteiger partial charge in [0, 0.05) is 25.6 Å². The van der Waals surface area contributed by atoms with E-state index in [2.05, 4.69) is 12.2 Å². The minimum atomic E-state index is -0.781. The smallest absolute Gasteiger partial charge is 0.317 e. The molecule has 0 saturated carbocycles. The van der Waals surface area contributed by atoms with E-state index < -0.39 is 5.97 Å². The summed E-state index contributed by atoms with van der Waals surface area (Å²) in [7, 11) is 0. The number of rotatable bonds is 5. The molecule has 1 rings (SSSR count). The number of amides is 2. The van der Waals surface area contributed by atoms with E-state index in [4.69, 9.17) is 5.11 Å². The highest BCUT2D eigenvalue weighted by molar-refractivity contribution is 5.76. The molecule has 0 spiro atoms. The SMILES string of the molecule is CCCCNC(=O)N1CC(C(C)C(=O)O)C1. The molecule has 0 bridgehead atoms. The normalized spacial score (nSPS) is 17.8. The number of nitrogens with one attached hydrogen (secondary N) is 1. The van der Waals surface area contributed by atoms with E-state index in [1.807, 2.05) is 0 Å². The summed E-state index contributed by atoms with van der Waals surface area (Å²) in [6.07, 6.45) is 2.04. The number of carboxylic acid groups (broad SMARTS) is 1. The largest absolute Gasteiger partial charge is 0.481 e. The first-order valence-electron chi connectivity index (χ1n) is 5.81. The molecule has 0 aromatic rings. The fourth-order valence-corrected chi connectivity index (χ4v) is 1.68. The third-order valence-electron chi connectivity index (χ3n) is 3.10. The summed E-state index contributed by atoms with van der Waals surface area (Å²) in [6.45, 7) is 5.58. The van der Waals surface area contributed by atoms with Gasteiger partial charge in [0.2, 0.25) is 0 Å². The van der Waals surface area contributed by atoms with E-state index >= 15 is 0 Å². The van der Waals surface area contributed by atoms with E-state index in [9.17, 15) is 9.59 Å². The second-order valence-corrected chi connectivity index (χ2v) is 4.38. The van der Waals surface area contributed by atoms with Gasteiger partial charge in [0.05, 0.1) is 5.92 Å². The summed E-state index contributed by atoms with van der Waals surface area (Å²) in [5.41, 5.74) is 0. The van der Waals surface area contributed by atoms with Crippen LogP contribution in [0.5, 0.6) is 0 Å². The van der Waals surface area contributed by atoms with Crippen LogP contribution in [0.4, 0.5) is 4.79 Å². The van der Waals surface area contributed by atoms with Crippen molar-refractivity contribution in [2.45, 2.75) is 26.7 Å². The molecule has 1 aliphatic heterocycles. The number of nitrogens with zero attached hydrogens (tertiary/aromatic N) is 1. The van der Waals surface area contributed by atoms with Gasteiger partial charge < -0.3 is 15.3 Å². The quantitative estimate of drug-likeness (QED) is 0.693. The first-order chi connectivity index (χ1) is 7.56. The van der Waals surface area contributed by atoms with Crippen molar-refractivity contribution in [2.24, 2.45) is 11.8 Å². The van der Waals surface area contributed by atoms with Crippen LogP contribution in [0.25, 0.3) is 0 Å². The molecule has 0 aromatic heterocycles. The summed E-state index contributed by atoms with van der Waals surface area (Å²) >= 11 is 0. The molecule has 1 saturated heterocycles. The van der Waals surface area contributed by atoms with Crippen LogP contribution in [0.1, 0.15) is 26.7 Å². The van der Waals surface area contributed by atoms with Gasteiger partial charge in [-0.25, -0.2) is 4.79 Å². The molecular weight excluding hydrogens is 208 g/mol. The summed E-state index contributed by atoms with van der Waals surface area (Å²) in [4.78, 5) is 23.9. The van der Waals surface area contributed by atoms with E-state index in [1.165, 1.54) is 0 Å². The fourth-order valence-electron chi connectivity index (χ4n) is 1.68. The monoisotopic (exact) mass is 228 g/mol. The molecule has 1 atom stereocenters. The number of aliphatic carboxylic acids is 1. The molecule has 92 valence electrons. The number of carbonyl (C=O) groups is 2. The van der Waals surface area contributed by atoms with Crippen LogP contribution in [0, 0.1) is 11.8 Å². The van der Waals surface area contributed by atoms with Crippen molar-refractivity contribution in [3.05, 3.63) is 0 Å². The summed E-state index contributed by atoms with van der Waals surface area (Å²) in [5.74, 6) is -1.04. The van der Waals surface area contributed by atoms with E-state index in [1.54, 1.807) is 11.8 Å². The number of likely N-dealkylation sites (tertiary alicyclic amines) is 1. The topological polar surface area (TPSA) is 69.6 Å². The number of carboxylic acids is 1. The highest BCUT2D eigenvalue weighted by Gasteiger charge is 2.36. The van der Waals surface area contributed by atoms with Gasteiger partial charge in [-0.05, 0) is 6.42 Å². The molecule has 1 aliphatic rings. The van der Waals surface area contributed by atoms with Crippen LogP contribution in [0.2, 0.25) is 0 Å². The Balaban J connectivity index is 2.20. The third-order valence-corrected chi connectivity index (χ3v) is 3.10. The van der Waals surface area contributed by atoms with Crippen LogP contribution in [0.15, 0.2) is 0 Å². The van der Waals surface area contributed by atoms with Crippen LogP contribution in [0.3, 0.4) is 0 Å². The lowest BCUT2D eigenvalue weighted by molar-refractivity contribution is -0.144. The van der Waals surface area contributed by atoms with Gasteiger partial charge in [0.1, 0.15) is 0 Å². The fraction of sp³-hybridized carbons (Fsp3) is 0.818. The second-order valence-electron chi connectivity index (χ2n) is 4.38. The lowest BCUT2D eigenvalue weighted by atomic mass is 9.87. The standard InChI is InChI=1S/C11H20N2O3/c1-3-4-5-12-11(16)13-6-9(7-13)8(2)10(14)15/h8-9H,3-7H2,1-2H3,(H,12,16)(H,14,15). The first-order valence-corrected chi connectivity index (χ1v) is 5.81. The van der Waals surface area contributed by atoms with Crippen LogP contribution < -0.4 is 5.32 Å². The van der Waals surface area contributed by atoms with E-state index in [-0.39, 0.29) is 17.9 Å². The Labute approximate surface area is 95.8 Å². The second kappa shape index (κ2) is 5.72. The molecule has 0 aliphatic carbocycles. The zero-order valence-corrected chi connectivity index (χ0v) is 9.90.